The van der Waals surface area contributed by atoms with Crippen molar-refractivity contribution in [2.45, 2.75) is 65.5 Å². The predicted octanol–water partition coefficient (Wildman–Crippen LogP) is 3.14. The number of esters is 1. The van der Waals surface area contributed by atoms with Gasteiger partial charge in [-0.15, -0.1) is 0 Å². The molecule has 4 rings (SSSR count). The minimum atomic E-state index is -1.36. The molecule has 4 heterocycles. The van der Waals surface area contributed by atoms with Gasteiger partial charge in [-0.2, -0.15) is 0 Å². The van der Waals surface area contributed by atoms with Gasteiger partial charge in [0.05, 0.1) is 37.0 Å². The monoisotopic (exact) mass is 646 g/mol. The van der Waals surface area contributed by atoms with Gasteiger partial charge < -0.3 is 30.3 Å². The van der Waals surface area contributed by atoms with Gasteiger partial charge in [-0.25, -0.2) is 28.3 Å². The Balaban J connectivity index is 0.000000251. The fourth-order valence-electron chi connectivity index (χ4n) is 4.37. The molecule has 0 aliphatic heterocycles. The highest BCUT2D eigenvalue weighted by molar-refractivity contribution is 5.83. The predicted molar refractivity (Wildman–Crippen MR) is 165 cm³/mol. The highest BCUT2D eigenvalue weighted by atomic mass is 19.1. The van der Waals surface area contributed by atoms with E-state index in [0.717, 1.165) is 14.9 Å². The average Bonchev–Trinajstić information content (AvgIpc) is 2.99. The van der Waals surface area contributed by atoms with E-state index in [1.807, 2.05) is 0 Å². The maximum absolute atomic E-state index is 14.4. The number of pyridine rings is 2. The van der Waals surface area contributed by atoms with Crippen LogP contribution in [-0.2, 0) is 27.2 Å². The zero-order valence-corrected chi connectivity index (χ0v) is 26.6. The number of halogens is 2. The molecular weight excluding hydrogens is 610 g/mol. The number of nitrogens with zero attached hydrogens (tertiary/aromatic N) is 4. The standard InChI is InChI=1S/C16H20FN3O4.C14H16FN3O4/c1-6-11-12(23-4)14(21)20-8-9(7-10(17)13(20)18-11)19-16(2,3)15(22)24-5;1-4-9-10(19)12(20)18-6-7(5-8(15)11(18)16-9)17-14(2,3)13(21)22/h7-8,19H,6H2,1-5H3;5-6,17,19H,4H2,1-3H3,(H,21,22). The summed E-state index contributed by atoms with van der Waals surface area (Å²) in [5, 5.41) is 24.3. The lowest BCUT2D eigenvalue weighted by Crippen LogP contribution is -2.41. The molecule has 0 aromatic carbocycles. The van der Waals surface area contributed by atoms with E-state index in [2.05, 4.69) is 20.6 Å². The first-order chi connectivity index (χ1) is 21.4. The lowest BCUT2D eigenvalue weighted by molar-refractivity contribution is -0.144. The third kappa shape index (κ3) is 7.00. The maximum atomic E-state index is 14.4. The minimum Gasteiger partial charge on any atom is -0.502 e. The largest absolute Gasteiger partial charge is 0.502 e. The van der Waals surface area contributed by atoms with Gasteiger partial charge in [0.1, 0.15) is 11.1 Å². The van der Waals surface area contributed by atoms with Gasteiger partial charge in [-0.05, 0) is 40.5 Å². The highest BCUT2D eigenvalue weighted by Crippen LogP contribution is 2.22. The Morgan fingerprint density at radius 3 is 1.74 bits per heavy atom. The maximum Gasteiger partial charge on any atom is 0.330 e. The number of anilines is 2. The summed E-state index contributed by atoms with van der Waals surface area (Å²) < 4.78 is 40.3. The first kappa shape index (κ1) is 35.2. The molecule has 0 saturated heterocycles. The van der Waals surface area contributed by atoms with Crippen LogP contribution in [-0.4, -0.2) is 66.2 Å². The van der Waals surface area contributed by atoms with Crippen molar-refractivity contribution in [3.63, 3.8) is 0 Å². The van der Waals surface area contributed by atoms with E-state index in [-0.39, 0.29) is 40.5 Å². The fraction of sp³-hybridized carbons (Fsp3) is 0.400. The molecule has 0 fully saturated rings. The van der Waals surface area contributed by atoms with Crippen molar-refractivity contribution < 1.29 is 38.1 Å². The van der Waals surface area contributed by atoms with Crippen molar-refractivity contribution in [2.24, 2.45) is 0 Å². The lowest BCUT2D eigenvalue weighted by Gasteiger charge is -2.24. The van der Waals surface area contributed by atoms with Gasteiger partial charge in [0, 0.05) is 24.5 Å². The molecule has 0 amide bonds. The Kier molecular flexibility index (Phi) is 10.2. The topological polar surface area (TPSA) is 186 Å². The summed E-state index contributed by atoms with van der Waals surface area (Å²) in [5.41, 5.74) is -3.28. The quantitative estimate of drug-likeness (QED) is 0.195. The number of carbonyl (C=O) groups is 2. The second kappa shape index (κ2) is 13.4. The number of aromatic hydroxyl groups is 1. The molecule has 0 radical (unpaired) electrons. The molecule has 46 heavy (non-hydrogen) atoms. The van der Waals surface area contributed by atoms with Crippen LogP contribution in [0.1, 0.15) is 52.9 Å². The van der Waals surface area contributed by atoms with Crippen LogP contribution < -0.4 is 26.5 Å². The van der Waals surface area contributed by atoms with Gasteiger partial charge in [-0.3, -0.25) is 18.4 Å². The lowest BCUT2D eigenvalue weighted by atomic mass is 10.1. The van der Waals surface area contributed by atoms with E-state index in [4.69, 9.17) is 14.6 Å². The number of aryl methyl sites for hydroxylation is 2. The van der Waals surface area contributed by atoms with Gasteiger partial charge in [0.2, 0.25) is 11.5 Å². The van der Waals surface area contributed by atoms with Crippen LogP contribution in [0.4, 0.5) is 20.2 Å². The molecule has 0 aliphatic rings. The molecule has 4 N–H and O–H groups in total. The number of nitrogens with one attached hydrogen (secondary N) is 2. The second-order valence-corrected chi connectivity index (χ2v) is 11.2. The van der Waals surface area contributed by atoms with E-state index in [1.165, 1.54) is 46.5 Å². The Bertz CT molecular complexity index is 1940. The molecule has 0 bridgehead atoms. The number of hydrogen-bond acceptors (Lipinski definition) is 11. The molecule has 14 nitrogen and oxygen atoms in total. The van der Waals surface area contributed by atoms with E-state index in [9.17, 15) is 33.1 Å². The van der Waals surface area contributed by atoms with E-state index in [0.29, 0.717) is 12.1 Å². The zero-order chi connectivity index (χ0) is 34.7. The van der Waals surface area contributed by atoms with Crippen LogP contribution >= 0.6 is 0 Å². The van der Waals surface area contributed by atoms with Gasteiger partial charge in [-0.1, -0.05) is 13.8 Å². The average molecular weight is 647 g/mol. The van der Waals surface area contributed by atoms with Crippen molar-refractivity contribution in [2.75, 3.05) is 24.9 Å². The summed E-state index contributed by atoms with van der Waals surface area (Å²) in [4.78, 5) is 55.5. The molecule has 0 spiro atoms. The number of ether oxygens (including phenoxy) is 2. The summed E-state index contributed by atoms with van der Waals surface area (Å²) in [6, 6.07) is 2.24. The van der Waals surface area contributed by atoms with E-state index < -0.39 is 51.5 Å². The summed E-state index contributed by atoms with van der Waals surface area (Å²) >= 11 is 0. The number of carboxylic acid groups (broad SMARTS) is 1. The summed E-state index contributed by atoms with van der Waals surface area (Å²) in [6.45, 7) is 9.45. The van der Waals surface area contributed by atoms with Crippen LogP contribution in [0.3, 0.4) is 0 Å². The van der Waals surface area contributed by atoms with Crippen molar-refractivity contribution in [3.05, 3.63) is 68.3 Å². The Morgan fingerprint density at radius 2 is 1.30 bits per heavy atom. The smallest absolute Gasteiger partial charge is 0.330 e. The number of carbonyl (C=O) groups excluding carboxylic acids is 1. The third-order valence-electron chi connectivity index (χ3n) is 6.85. The number of aromatic nitrogens is 4. The minimum absolute atomic E-state index is 0.0683. The van der Waals surface area contributed by atoms with Crippen molar-refractivity contribution in [3.8, 4) is 11.5 Å². The summed E-state index contributed by atoms with van der Waals surface area (Å²) in [5.74, 6) is -3.61. The Morgan fingerprint density at radius 1 is 0.848 bits per heavy atom. The van der Waals surface area contributed by atoms with Crippen LogP contribution in [0.25, 0.3) is 11.3 Å². The Hall–Kier alpha value is -5.28. The van der Waals surface area contributed by atoms with Crippen LogP contribution in [0.15, 0.2) is 34.1 Å². The molecule has 4 aromatic rings. The SMILES string of the molecule is CCc1nc2c(F)cc(NC(C)(C)C(=O)O)cn2c(=O)c1O.CCc1nc2c(F)cc(NC(C)(C)C(=O)OC)cn2c(=O)c1OC. The van der Waals surface area contributed by atoms with Crippen LogP contribution in [0.5, 0.6) is 11.5 Å². The van der Waals surface area contributed by atoms with Crippen LogP contribution in [0.2, 0.25) is 0 Å². The van der Waals surface area contributed by atoms with Gasteiger partial charge >= 0.3 is 17.5 Å². The molecule has 16 heteroatoms. The molecule has 0 aliphatic carbocycles. The number of fused-ring (bicyclic) bond motifs is 2. The number of methoxy groups -OCH3 is 2. The number of carboxylic acids is 1. The first-order valence-electron chi connectivity index (χ1n) is 14.0. The first-order valence-corrected chi connectivity index (χ1v) is 14.0. The molecule has 248 valence electrons. The number of hydrogen-bond donors (Lipinski definition) is 4. The molecular formula is C30H36F2N6O8. The van der Waals surface area contributed by atoms with E-state index >= 15 is 0 Å². The van der Waals surface area contributed by atoms with Crippen molar-refractivity contribution in [1.29, 1.82) is 0 Å². The fourth-order valence-corrected chi connectivity index (χ4v) is 4.37. The Labute approximate surface area is 261 Å². The summed E-state index contributed by atoms with van der Waals surface area (Å²) in [6.07, 6.45) is 3.30. The number of aliphatic carboxylic acids is 1. The van der Waals surface area contributed by atoms with Gasteiger partial charge in [0.15, 0.2) is 22.9 Å². The van der Waals surface area contributed by atoms with Crippen molar-refractivity contribution >= 4 is 34.6 Å². The highest BCUT2D eigenvalue weighted by Gasteiger charge is 2.29. The van der Waals surface area contributed by atoms with Crippen molar-refractivity contribution in [1.82, 2.24) is 18.8 Å². The number of rotatable bonds is 9. The zero-order valence-electron chi connectivity index (χ0n) is 26.6. The molecule has 4 aromatic heterocycles. The van der Waals surface area contributed by atoms with E-state index in [1.54, 1.807) is 27.7 Å². The molecule has 0 saturated carbocycles. The normalized spacial score (nSPS) is 11.5. The third-order valence-corrected chi connectivity index (χ3v) is 6.85. The second-order valence-electron chi connectivity index (χ2n) is 11.2. The van der Waals surface area contributed by atoms with Gasteiger partial charge in [0.25, 0.3) is 5.56 Å². The molecule has 0 unspecified atom stereocenters. The summed E-state index contributed by atoms with van der Waals surface area (Å²) in [7, 11) is 2.63. The van der Waals surface area contributed by atoms with Crippen LogP contribution in [0, 0.1) is 11.6 Å². The molecule has 0 atom stereocenters.